The van der Waals surface area contributed by atoms with Crippen molar-refractivity contribution in [1.82, 2.24) is 24.8 Å². The molecule has 3 aromatic rings. The van der Waals surface area contributed by atoms with E-state index in [1.807, 2.05) is 49.9 Å². The molecule has 11 heteroatoms. The van der Waals surface area contributed by atoms with E-state index in [9.17, 15) is 9.59 Å². The summed E-state index contributed by atoms with van der Waals surface area (Å²) in [6.45, 7) is 11.4. The fraction of sp³-hybridized carbons (Fsp3) is 0.517. The predicted octanol–water partition coefficient (Wildman–Crippen LogP) is 4.33. The second kappa shape index (κ2) is 10.3. The predicted molar refractivity (Wildman–Crippen MR) is 152 cm³/mol. The zero-order valence-corrected chi connectivity index (χ0v) is 23.4. The number of ether oxygens (including phenoxy) is 2. The van der Waals surface area contributed by atoms with E-state index in [4.69, 9.17) is 9.47 Å². The molecule has 0 saturated carbocycles. The zero-order valence-electron chi connectivity index (χ0n) is 23.4. The van der Waals surface area contributed by atoms with Crippen molar-refractivity contribution in [2.75, 3.05) is 62.7 Å². The number of fused-ring (bicyclic) bond motifs is 1. The lowest BCUT2D eigenvalue weighted by Crippen LogP contribution is -2.63. The molecule has 212 valence electrons. The molecular weight excluding hydrogens is 510 g/mol. The van der Waals surface area contributed by atoms with Gasteiger partial charge in [-0.1, -0.05) is 12.1 Å². The number of hydrogen-bond donors (Lipinski definition) is 2. The van der Waals surface area contributed by atoms with Crippen LogP contribution in [0.25, 0.3) is 22.3 Å². The zero-order chi connectivity index (χ0) is 27.9. The number of carbonyl (C=O) groups excluding carboxylic acids is 2. The summed E-state index contributed by atoms with van der Waals surface area (Å²) in [7, 11) is 0. The molecule has 0 bridgehead atoms. The summed E-state index contributed by atoms with van der Waals surface area (Å²) >= 11 is 0. The standard InChI is InChI=1S/C29H37N7O4/c1-28(2,3)40-27(38)36-17-29(18-36)8-10-35(11-9-29)26(37)32-21-6-4-20(5-7-21)23-16-22-24(33-23)30-19-31-25(22)34-12-14-39-15-13-34/h4-7,16,19H,8-15,17-18H2,1-3H3,(H,32,37)(H,30,31,33). The normalized spacial score (nSPS) is 19.0. The lowest BCUT2D eigenvalue weighted by molar-refractivity contribution is -0.0546. The number of benzene rings is 1. The van der Waals surface area contributed by atoms with Gasteiger partial charge in [-0.3, -0.25) is 0 Å². The molecule has 5 heterocycles. The first kappa shape index (κ1) is 26.4. The van der Waals surface area contributed by atoms with Crippen LogP contribution in [0.4, 0.5) is 21.1 Å². The van der Waals surface area contributed by atoms with Crippen molar-refractivity contribution >= 4 is 34.7 Å². The molecule has 3 saturated heterocycles. The quantitative estimate of drug-likeness (QED) is 0.502. The van der Waals surface area contributed by atoms with E-state index in [1.54, 1.807) is 11.2 Å². The molecule has 0 atom stereocenters. The van der Waals surface area contributed by atoms with Gasteiger partial charge in [-0.05, 0) is 57.4 Å². The van der Waals surface area contributed by atoms with Crippen LogP contribution in [0.1, 0.15) is 33.6 Å². The number of nitrogens with one attached hydrogen (secondary N) is 2. The van der Waals surface area contributed by atoms with Crippen LogP contribution in [0, 0.1) is 5.41 Å². The van der Waals surface area contributed by atoms with Crippen LogP contribution in [-0.4, -0.2) is 95.0 Å². The third-order valence-electron chi connectivity index (χ3n) is 7.98. The second-order valence-electron chi connectivity index (χ2n) is 12.1. The maximum absolute atomic E-state index is 13.0. The molecule has 1 aromatic carbocycles. The number of H-pyrrole nitrogens is 1. The number of likely N-dealkylation sites (tertiary alicyclic amines) is 2. The van der Waals surface area contributed by atoms with E-state index in [-0.39, 0.29) is 17.5 Å². The van der Waals surface area contributed by atoms with Gasteiger partial charge in [0, 0.05) is 56.1 Å². The summed E-state index contributed by atoms with van der Waals surface area (Å²) in [4.78, 5) is 43.5. The topological polar surface area (TPSA) is 116 Å². The molecule has 6 rings (SSSR count). The van der Waals surface area contributed by atoms with E-state index >= 15 is 0 Å². The first-order valence-corrected chi connectivity index (χ1v) is 14.0. The van der Waals surface area contributed by atoms with Crippen LogP contribution < -0.4 is 10.2 Å². The van der Waals surface area contributed by atoms with Gasteiger partial charge in [0.05, 0.1) is 18.6 Å². The number of hydrogen-bond acceptors (Lipinski definition) is 7. The van der Waals surface area contributed by atoms with Crippen molar-refractivity contribution in [2.24, 2.45) is 5.41 Å². The number of morpholine rings is 1. The van der Waals surface area contributed by atoms with Crippen molar-refractivity contribution in [3.63, 3.8) is 0 Å². The first-order valence-electron chi connectivity index (χ1n) is 14.0. The monoisotopic (exact) mass is 547 g/mol. The van der Waals surface area contributed by atoms with E-state index < -0.39 is 5.60 Å². The van der Waals surface area contributed by atoms with Crippen molar-refractivity contribution < 1.29 is 19.1 Å². The fourth-order valence-electron chi connectivity index (χ4n) is 5.76. The second-order valence-corrected chi connectivity index (χ2v) is 12.1. The van der Waals surface area contributed by atoms with Gasteiger partial charge in [0.1, 0.15) is 23.4 Å². The molecule has 40 heavy (non-hydrogen) atoms. The first-order chi connectivity index (χ1) is 19.2. The molecule has 2 aromatic heterocycles. The number of piperidine rings is 1. The minimum absolute atomic E-state index is 0.0954. The summed E-state index contributed by atoms with van der Waals surface area (Å²) in [5.41, 5.74) is 3.11. The Morgan fingerprint density at radius 1 is 1.00 bits per heavy atom. The number of aromatic nitrogens is 3. The molecule has 0 unspecified atom stereocenters. The summed E-state index contributed by atoms with van der Waals surface area (Å²) in [6.07, 6.45) is 3.11. The number of anilines is 2. The van der Waals surface area contributed by atoms with Gasteiger partial charge >= 0.3 is 12.1 Å². The summed E-state index contributed by atoms with van der Waals surface area (Å²) < 4.78 is 11.0. The lowest BCUT2D eigenvalue weighted by atomic mass is 9.72. The van der Waals surface area contributed by atoms with Gasteiger partial charge in [-0.2, -0.15) is 0 Å². The lowest BCUT2D eigenvalue weighted by Gasteiger charge is -2.53. The van der Waals surface area contributed by atoms with E-state index in [0.29, 0.717) is 39.4 Å². The van der Waals surface area contributed by atoms with Crippen LogP contribution in [0.2, 0.25) is 0 Å². The fourth-order valence-corrected chi connectivity index (χ4v) is 5.76. The highest BCUT2D eigenvalue weighted by atomic mass is 16.6. The number of rotatable bonds is 3. The van der Waals surface area contributed by atoms with Crippen molar-refractivity contribution in [1.29, 1.82) is 0 Å². The molecule has 1 spiro atoms. The Labute approximate surface area is 233 Å². The van der Waals surface area contributed by atoms with E-state index in [0.717, 1.165) is 59.7 Å². The van der Waals surface area contributed by atoms with E-state index in [1.165, 1.54) is 0 Å². The van der Waals surface area contributed by atoms with Crippen molar-refractivity contribution in [2.45, 2.75) is 39.2 Å². The summed E-state index contributed by atoms with van der Waals surface area (Å²) in [6, 6.07) is 9.82. The Kier molecular flexibility index (Phi) is 6.77. The Balaban J connectivity index is 1.04. The molecule has 3 aliphatic heterocycles. The maximum Gasteiger partial charge on any atom is 0.410 e. The van der Waals surface area contributed by atoms with Crippen LogP contribution in [0.15, 0.2) is 36.7 Å². The number of nitrogens with zero attached hydrogens (tertiary/aromatic N) is 5. The van der Waals surface area contributed by atoms with Crippen LogP contribution in [0.3, 0.4) is 0 Å². The van der Waals surface area contributed by atoms with Gasteiger partial charge in [-0.15, -0.1) is 0 Å². The molecule has 3 fully saturated rings. The van der Waals surface area contributed by atoms with E-state index in [2.05, 4.69) is 31.2 Å². The number of carbonyl (C=O) groups is 2. The third-order valence-corrected chi connectivity index (χ3v) is 7.98. The molecule has 11 nitrogen and oxygen atoms in total. The van der Waals surface area contributed by atoms with Gasteiger partial charge in [0.25, 0.3) is 0 Å². The van der Waals surface area contributed by atoms with Crippen molar-refractivity contribution in [3.05, 3.63) is 36.7 Å². The largest absolute Gasteiger partial charge is 0.444 e. The molecule has 2 N–H and O–H groups in total. The SMILES string of the molecule is CC(C)(C)OC(=O)N1CC2(CCN(C(=O)Nc3ccc(-c4cc5c(N6CCOCC6)ncnc5[nH]4)cc3)CC2)C1. The highest BCUT2D eigenvalue weighted by Gasteiger charge is 2.48. The van der Waals surface area contributed by atoms with Crippen LogP contribution >= 0.6 is 0 Å². The van der Waals surface area contributed by atoms with Gasteiger partial charge < -0.3 is 34.5 Å². The van der Waals surface area contributed by atoms with Crippen molar-refractivity contribution in [3.8, 4) is 11.3 Å². The maximum atomic E-state index is 13.0. The summed E-state index contributed by atoms with van der Waals surface area (Å²) in [5.74, 6) is 0.919. The van der Waals surface area contributed by atoms with Gasteiger partial charge in [-0.25, -0.2) is 19.6 Å². The molecule has 0 aliphatic carbocycles. The number of amides is 3. The highest BCUT2D eigenvalue weighted by Crippen LogP contribution is 2.41. The minimum Gasteiger partial charge on any atom is -0.444 e. The smallest absolute Gasteiger partial charge is 0.410 e. The Morgan fingerprint density at radius 2 is 1.70 bits per heavy atom. The highest BCUT2D eigenvalue weighted by molar-refractivity contribution is 5.93. The minimum atomic E-state index is -0.490. The molecule has 0 radical (unpaired) electrons. The Hall–Kier alpha value is -3.86. The third kappa shape index (κ3) is 5.42. The average molecular weight is 548 g/mol. The molecular formula is C29H37N7O4. The summed E-state index contributed by atoms with van der Waals surface area (Å²) in [5, 5.41) is 4.02. The van der Waals surface area contributed by atoms with Crippen LogP contribution in [-0.2, 0) is 9.47 Å². The average Bonchev–Trinajstić information content (AvgIpc) is 3.36. The Morgan fingerprint density at radius 3 is 2.38 bits per heavy atom. The molecule has 3 amide bonds. The number of aromatic amines is 1. The Bertz CT molecular complexity index is 1380. The number of urea groups is 1. The van der Waals surface area contributed by atoms with Gasteiger partial charge in [0.2, 0.25) is 0 Å². The molecule has 3 aliphatic rings. The van der Waals surface area contributed by atoms with Crippen LogP contribution in [0.5, 0.6) is 0 Å². The van der Waals surface area contributed by atoms with Gasteiger partial charge in [0.15, 0.2) is 0 Å².